The smallest absolute Gasteiger partial charge is 0.243 e. The SMILES string of the molecule is O=C(C1CCN(S(=O)(=O)c2ccc(Br)cc2)CC1)N1CCN(c2ccccc2F)CC1. The largest absolute Gasteiger partial charge is 0.366 e. The van der Waals surface area contributed by atoms with E-state index in [9.17, 15) is 17.6 Å². The number of piperazine rings is 1. The number of amides is 1. The van der Waals surface area contributed by atoms with Crippen molar-refractivity contribution in [2.45, 2.75) is 17.7 Å². The van der Waals surface area contributed by atoms with Gasteiger partial charge in [-0.15, -0.1) is 0 Å². The molecule has 2 aromatic rings. The minimum atomic E-state index is -3.55. The van der Waals surface area contributed by atoms with Gasteiger partial charge in [-0.3, -0.25) is 4.79 Å². The maximum Gasteiger partial charge on any atom is 0.243 e. The zero-order valence-electron chi connectivity index (χ0n) is 17.1. The van der Waals surface area contributed by atoms with Crippen molar-refractivity contribution in [1.29, 1.82) is 0 Å². The van der Waals surface area contributed by atoms with E-state index >= 15 is 0 Å². The molecule has 2 saturated heterocycles. The average Bonchev–Trinajstić information content (AvgIpc) is 2.79. The zero-order valence-corrected chi connectivity index (χ0v) is 19.5. The van der Waals surface area contributed by atoms with Crippen LogP contribution in [0.5, 0.6) is 0 Å². The lowest BCUT2D eigenvalue weighted by atomic mass is 9.96. The Morgan fingerprint density at radius 3 is 2.13 bits per heavy atom. The number of hydrogen-bond donors (Lipinski definition) is 0. The third-order valence-electron chi connectivity index (χ3n) is 6.04. The third kappa shape index (κ3) is 4.78. The van der Waals surface area contributed by atoms with Crippen molar-refractivity contribution in [3.05, 3.63) is 58.8 Å². The van der Waals surface area contributed by atoms with E-state index in [1.165, 1.54) is 10.4 Å². The molecule has 0 radical (unpaired) electrons. The quantitative estimate of drug-likeness (QED) is 0.634. The molecule has 166 valence electrons. The number of sulfonamides is 1. The topological polar surface area (TPSA) is 60.9 Å². The van der Waals surface area contributed by atoms with E-state index in [1.54, 1.807) is 36.4 Å². The highest BCUT2D eigenvalue weighted by Gasteiger charge is 2.34. The van der Waals surface area contributed by atoms with Crippen molar-refractivity contribution < 1.29 is 17.6 Å². The van der Waals surface area contributed by atoms with Crippen LogP contribution >= 0.6 is 15.9 Å². The first-order chi connectivity index (χ1) is 14.9. The molecule has 0 atom stereocenters. The predicted molar refractivity (Wildman–Crippen MR) is 121 cm³/mol. The number of hydrogen-bond acceptors (Lipinski definition) is 4. The van der Waals surface area contributed by atoms with Gasteiger partial charge < -0.3 is 9.80 Å². The van der Waals surface area contributed by atoms with Crippen LogP contribution < -0.4 is 4.90 Å². The van der Waals surface area contributed by atoms with Crippen molar-refractivity contribution >= 4 is 37.5 Å². The normalized spacial score (nSPS) is 18.9. The standard InChI is InChI=1S/C22H25BrFN3O3S/c23-18-5-7-19(8-6-18)31(29,30)27-11-9-17(10-12-27)22(28)26-15-13-25(14-16-26)21-4-2-1-3-20(21)24/h1-8,17H,9-16H2. The lowest BCUT2D eigenvalue weighted by Gasteiger charge is -2.39. The van der Waals surface area contributed by atoms with Gasteiger partial charge >= 0.3 is 0 Å². The van der Waals surface area contributed by atoms with Crippen LogP contribution in [0.25, 0.3) is 0 Å². The van der Waals surface area contributed by atoms with E-state index in [0.29, 0.717) is 57.8 Å². The van der Waals surface area contributed by atoms with Crippen molar-refractivity contribution in [1.82, 2.24) is 9.21 Å². The van der Waals surface area contributed by atoms with E-state index in [4.69, 9.17) is 0 Å². The van der Waals surface area contributed by atoms with Crippen LogP contribution in [0.2, 0.25) is 0 Å². The van der Waals surface area contributed by atoms with Gasteiger partial charge in [-0.2, -0.15) is 4.31 Å². The minimum absolute atomic E-state index is 0.0777. The number of halogens is 2. The highest BCUT2D eigenvalue weighted by molar-refractivity contribution is 9.10. The molecular formula is C22H25BrFN3O3S. The van der Waals surface area contributed by atoms with Crippen molar-refractivity contribution in [2.24, 2.45) is 5.92 Å². The van der Waals surface area contributed by atoms with Gasteiger partial charge in [-0.1, -0.05) is 28.1 Å². The summed E-state index contributed by atoms with van der Waals surface area (Å²) in [6.07, 6.45) is 1.03. The first kappa shape index (κ1) is 22.2. The summed E-state index contributed by atoms with van der Waals surface area (Å²) in [4.78, 5) is 17.1. The average molecular weight is 510 g/mol. The number of benzene rings is 2. The van der Waals surface area contributed by atoms with Crippen LogP contribution in [-0.4, -0.2) is 62.8 Å². The van der Waals surface area contributed by atoms with Crippen molar-refractivity contribution in [2.75, 3.05) is 44.2 Å². The van der Waals surface area contributed by atoms with E-state index in [0.717, 1.165) is 4.47 Å². The fraction of sp³-hybridized carbons (Fsp3) is 0.409. The summed E-state index contributed by atoms with van der Waals surface area (Å²) in [7, 11) is -3.55. The van der Waals surface area contributed by atoms with Gasteiger partial charge in [-0.25, -0.2) is 12.8 Å². The summed E-state index contributed by atoms with van der Waals surface area (Å²) in [5, 5.41) is 0. The van der Waals surface area contributed by atoms with E-state index in [-0.39, 0.29) is 22.5 Å². The Morgan fingerprint density at radius 1 is 0.903 bits per heavy atom. The molecule has 6 nitrogen and oxygen atoms in total. The lowest BCUT2D eigenvalue weighted by molar-refractivity contribution is -0.137. The van der Waals surface area contributed by atoms with Gasteiger partial charge in [0, 0.05) is 49.7 Å². The number of carbonyl (C=O) groups is 1. The number of anilines is 1. The Balaban J connectivity index is 1.32. The summed E-state index contributed by atoms with van der Waals surface area (Å²) in [5.41, 5.74) is 0.570. The van der Waals surface area contributed by atoms with Crippen LogP contribution in [0.3, 0.4) is 0 Å². The molecule has 1 amide bonds. The van der Waals surface area contributed by atoms with Crippen molar-refractivity contribution in [3.63, 3.8) is 0 Å². The van der Waals surface area contributed by atoms with Gasteiger partial charge in [-0.05, 0) is 49.2 Å². The first-order valence-electron chi connectivity index (χ1n) is 10.4. The second-order valence-corrected chi connectivity index (χ2v) is 10.7. The summed E-state index contributed by atoms with van der Waals surface area (Å²) in [5.74, 6) is -0.341. The molecule has 0 spiro atoms. The molecule has 0 aliphatic carbocycles. The number of para-hydroxylation sites is 1. The van der Waals surface area contributed by atoms with Crippen LogP contribution in [0, 0.1) is 11.7 Å². The monoisotopic (exact) mass is 509 g/mol. The van der Waals surface area contributed by atoms with E-state index in [2.05, 4.69) is 15.9 Å². The molecule has 0 saturated carbocycles. The molecule has 2 aromatic carbocycles. The van der Waals surface area contributed by atoms with Crippen LogP contribution in [-0.2, 0) is 14.8 Å². The Labute approximate surface area is 190 Å². The molecule has 4 rings (SSSR count). The molecule has 0 aromatic heterocycles. The molecule has 2 aliphatic heterocycles. The summed E-state index contributed by atoms with van der Waals surface area (Å²) < 4.78 is 42.0. The second-order valence-electron chi connectivity index (χ2n) is 7.90. The first-order valence-corrected chi connectivity index (χ1v) is 12.6. The molecular weight excluding hydrogens is 485 g/mol. The number of carbonyl (C=O) groups excluding carboxylic acids is 1. The Morgan fingerprint density at radius 2 is 1.52 bits per heavy atom. The number of piperidine rings is 1. The minimum Gasteiger partial charge on any atom is -0.366 e. The molecule has 2 heterocycles. The Kier molecular flexibility index (Phi) is 6.64. The predicted octanol–water partition coefficient (Wildman–Crippen LogP) is 3.34. The van der Waals surface area contributed by atoms with Crippen LogP contribution in [0.15, 0.2) is 57.9 Å². The molecule has 0 bridgehead atoms. The molecule has 0 unspecified atom stereocenters. The Hall–Kier alpha value is -1.97. The fourth-order valence-corrected chi connectivity index (χ4v) is 5.97. The number of nitrogens with zero attached hydrogens (tertiary/aromatic N) is 3. The van der Waals surface area contributed by atoms with Gasteiger partial charge in [0.25, 0.3) is 0 Å². The number of rotatable bonds is 4. The molecule has 9 heteroatoms. The van der Waals surface area contributed by atoms with E-state index < -0.39 is 10.0 Å². The highest BCUT2D eigenvalue weighted by atomic mass is 79.9. The van der Waals surface area contributed by atoms with Gasteiger partial charge in [0.1, 0.15) is 5.82 Å². The highest BCUT2D eigenvalue weighted by Crippen LogP contribution is 2.27. The van der Waals surface area contributed by atoms with Gasteiger partial charge in [0.05, 0.1) is 10.6 Å². The molecule has 2 fully saturated rings. The summed E-state index contributed by atoms with van der Waals surface area (Å²) in [6, 6.07) is 13.3. The summed E-state index contributed by atoms with van der Waals surface area (Å²) >= 11 is 3.32. The zero-order chi connectivity index (χ0) is 22.0. The summed E-state index contributed by atoms with van der Waals surface area (Å²) in [6.45, 7) is 2.94. The third-order valence-corrected chi connectivity index (χ3v) is 8.48. The second kappa shape index (κ2) is 9.26. The van der Waals surface area contributed by atoms with Crippen LogP contribution in [0.4, 0.5) is 10.1 Å². The molecule has 2 aliphatic rings. The fourth-order valence-electron chi connectivity index (χ4n) is 4.23. The van der Waals surface area contributed by atoms with E-state index in [1.807, 2.05) is 15.9 Å². The molecule has 0 N–H and O–H groups in total. The van der Waals surface area contributed by atoms with Crippen molar-refractivity contribution in [3.8, 4) is 0 Å². The van der Waals surface area contributed by atoms with Crippen LogP contribution in [0.1, 0.15) is 12.8 Å². The van der Waals surface area contributed by atoms with Gasteiger partial charge in [0.2, 0.25) is 15.9 Å². The Bertz CT molecular complexity index is 1030. The van der Waals surface area contributed by atoms with Gasteiger partial charge in [0.15, 0.2) is 0 Å². The molecule has 31 heavy (non-hydrogen) atoms. The lowest BCUT2D eigenvalue weighted by Crippen LogP contribution is -2.52. The maximum absolute atomic E-state index is 14.0. The maximum atomic E-state index is 14.0.